The third-order valence-electron chi connectivity index (χ3n) is 2.71. The van der Waals surface area contributed by atoms with E-state index in [1.807, 2.05) is 6.07 Å². The molecule has 0 saturated heterocycles. The van der Waals surface area contributed by atoms with Crippen LogP contribution in [0.25, 0.3) is 0 Å². The predicted octanol–water partition coefficient (Wildman–Crippen LogP) is 2.38. The Morgan fingerprint density at radius 3 is 2.32 bits per heavy atom. The molecule has 98 valence electrons. The number of ether oxygens (including phenoxy) is 1. The first-order valence-corrected chi connectivity index (χ1v) is 5.85. The van der Waals surface area contributed by atoms with Crippen molar-refractivity contribution in [2.45, 2.75) is 12.7 Å². The van der Waals surface area contributed by atoms with Crippen molar-refractivity contribution in [3.8, 4) is 5.75 Å². The first-order valence-electron chi connectivity index (χ1n) is 5.85. The number of carboxylic acid groups (broad SMARTS) is 1. The van der Waals surface area contributed by atoms with Gasteiger partial charge in [0.1, 0.15) is 5.75 Å². The second-order valence-electron chi connectivity index (χ2n) is 4.01. The van der Waals surface area contributed by atoms with Crippen LogP contribution in [0, 0.1) is 0 Å². The highest BCUT2D eigenvalue weighted by Crippen LogP contribution is 2.25. The number of hydrogen-bond donors (Lipinski definition) is 2. The third kappa shape index (κ3) is 3.11. The van der Waals surface area contributed by atoms with Crippen molar-refractivity contribution >= 4 is 5.97 Å². The zero-order chi connectivity index (χ0) is 13.7. The van der Waals surface area contributed by atoms with Crippen LogP contribution in [0.2, 0.25) is 0 Å². The Bertz CT molecular complexity index is 551. The molecule has 0 aliphatic carbocycles. The monoisotopic (exact) mass is 258 g/mol. The van der Waals surface area contributed by atoms with Crippen LogP contribution in [-0.4, -0.2) is 16.2 Å². The van der Waals surface area contributed by atoms with E-state index >= 15 is 0 Å². The number of aliphatic carboxylic acids is 1. The lowest BCUT2D eigenvalue weighted by Gasteiger charge is -2.17. The number of aliphatic hydroxyl groups is 1. The molecule has 0 fully saturated rings. The molecule has 0 heterocycles. The molecule has 0 saturated carbocycles. The maximum Gasteiger partial charge on any atom is 0.349 e. The van der Waals surface area contributed by atoms with Crippen molar-refractivity contribution < 1.29 is 19.7 Å². The molecule has 4 heteroatoms. The van der Waals surface area contributed by atoms with Crippen LogP contribution in [-0.2, 0) is 11.4 Å². The van der Waals surface area contributed by atoms with Gasteiger partial charge in [0, 0.05) is 11.1 Å². The summed E-state index contributed by atoms with van der Waals surface area (Å²) in [5.41, 5.74) is 1.12. The summed E-state index contributed by atoms with van der Waals surface area (Å²) in [4.78, 5) is 11.3. The molecule has 2 rings (SSSR count). The molecule has 0 aromatic heterocycles. The van der Waals surface area contributed by atoms with E-state index in [-0.39, 0.29) is 6.61 Å². The van der Waals surface area contributed by atoms with Gasteiger partial charge in [-0.2, -0.15) is 0 Å². The first-order chi connectivity index (χ1) is 9.22. The Kier molecular flexibility index (Phi) is 4.15. The summed E-state index contributed by atoms with van der Waals surface area (Å²) in [6, 6.07) is 15.5. The van der Waals surface area contributed by atoms with Crippen LogP contribution in [0.4, 0.5) is 0 Å². The minimum atomic E-state index is -1.09. The zero-order valence-corrected chi connectivity index (χ0v) is 10.2. The molecule has 0 amide bonds. The van der Waals surface area contributed by atoms with Crippen LogP contribution in [0.1, 0.15) is 17.2 Å². The summed E-state index contributed by atoms with van der Waals surface area (Å²) < 4.78 is 5.52. The lowest BCUT2D eigenvalue weighted by molar-refractivity contribution is -0.145. The smallest absolute Gasteiger partial charge is 0.349 e. The highest BCUT2D eigenvalue weighted by molar-refractivity contribution is 5.74. The van der Waals surface area contributed by atoms with Crippen molar-refractivity contribution in [2.24, 2.45) is 0 Å². The number of aliphatic hydroxyl groups excluding tert-OH is 1. The third-order valence-corrected chi connectivity index (χ3v) is 2.71. The number of para-hydroxylation sites is 1. The van der Waals surface area contributed by atoms with Gasteiger partial charge in [0.05, 0.1) is 6.61 Å². The molecule has 1 unspecified atom stereocenters. The highest BCUT2D eigenvalue weighted by Gasteiger charge is 2.22. The van der Waals surface area contributed by atoms with Gasteiger partial charge in [-0.1, -0.05) is 48.5 Å². The van der Waals surface area contributed by atoms with Gasteiger partial charge in [-0.3, -0.25) is 0 Å². The van der Waals surface area contributed by atoms with E-state index < -0.39 is 12.1 Å². The maximum atomic E-state index is 11.3. The maximum absolute atomic E-state index is 11.3. The fourth-order valence-corrected chi connectivity index (χ4v) is 1.77. The van der Waals surface area contributed by atoms with Crippen LogP contribution >= 0.6 is 0 Å². The second-order valence-corrected chi connectivity index (χ2v) is 4.01. The standard InChI is InChI=1S/C15H14O4/c16-10-12-8-4-5-9-13(12)19-14(15(17)18)11-6-2-1-3-7-11/h1-9,14,16H,10H2,(H,17,18). The van der Waals surface area contributed by atoms with Crippen LogP contribution in [0.15, 0.2) is 54.6 Å². The number of carbonyl (C=O) groups is 1. The Labute approximate surface area is 110 Å². The van der Waals surface area contributed by atoms with Crippen molar-refractivity contribution in [2.75, 3.05) is 0 Å². The molecule has 2 N–H and O–H groups in total. The number of hydrogen-bond acceptors (Lipinski definition) is 3. The molecule has 2 aromatic carbocycles. The summed E-state index contributed by atoms with van der Waals surface area (Å²) in [7, 11) is 0. The number of benzene rings is 2. The van der Waals surface area contributed by atoms with Crippen molar-refractivity contribution in [3.05, 3.63) is 65.7 Å². The van der Waals surface area contributed by atoms with Crippen molar-refractivity contribution in [1.29, 1.82) is 0 Å². The average Bonchev–Trinajstić information content (AvgIpc) is 2.45. The molecule has 1 atom stereocenters. The van der Waals surface area contributed by atoms with Gasteiger partial charge >= 0.3 is 5.97 Å². The fraction of sp³-hybridized carbons (Fsp3) is 0.133. The van der Waals surface area contributed by atoms with Crippen LogP contribution in [0.5, 0.6) is 5.75 Å². The SMILES string of the molecule is O=C(O)C(Oc1ccccc1CO)c1ccccc1. The summed E-state index contributed by atoms with van der Waals surface area (Å²) in [5, 5.41) is 18.5. The Hall–Kier alpha value is -2.33. The lowest BCUT2D eigenvalue weighted by atomic mass is 10.1. The van der Waals surface area contributed by atoms with Gasteiger partial charge in [0.2, 0.25) is 6.10 Å². The van der Waals surface area contributed by atoms with Gasteiger partial charge in [-0.25, -0.2) is 4.79 Å². The molecule has 0 radical (unpaired) electrons. The van der Waals surface area contributed by atoms with Crippen LogP contribution < -0.4 is 4.74 Å². The first kappa shape index (κ1) is 13.1. The molecule has 0 spiro atoms. The summed E-state index contributed by atoms with van der Waals surface area (Å²) >= 11 is 0. The van der Waals surface area contributed by atoms with E-state index in [2.05, 4.69) is 0 Å². The predicted molar refractivity (Wildman–Crippen MR) is 69.8 cm³/mol. The molecule has 2 aromatic rings. The fourth-order valence-electron chi connectivity index (χ4n) is 1.77. The summed E-state index contributed by atoms with van der Waals surface area (Å²) in [5.74, 6) is -0.694. The summed E-state index contributed by atoms with van der Waals surface area (Å²) in [6.45, 7) is -0.197. The Morgan fingerprint density at radius 1 is 1.05 bits per heavy atom. The van der Waals surface area contributed by atoms with E-state index in [9.17, 15) is 15.0 Å². The van der Waals surface area contributed by atoms with E-state index in [1.165, 1.54) is 0 Å². The molecule has 19 heavy (non-hydrogen) atoms. The van der Waals surface area contributed by atoms with Crippen LogP contribution in [0.3, 0.4) is 0 Å². The molecule has 0 aliphatic rings. The minimum absolute atomic E-state index is 0.197. The second kappa shape index (κ2) is 6.02. The average molecular weight is 258 g/mol. The zero-order valence-electron chi connectivity index (χ0n) is 10.2. The van der Waals surface area contributed by atoms with E-state index in [4.69, 9.17) is 4.74 Å². The van der Waals surface area contributed by atoms with E-state index in [0.29, 0.717) is 16.9 Å². The number of carboxylic acids is 1. The molecular formula is C15H14O4. The largest absolute Gasteiger partial charge is 0.478 e. The highest BCUT2D eigenvalue weighted by atomic mass is 16.5. The number of rotatable bonds is 5. The minimum Gasteiger partial charge on any atom is -0.478 e. The molecule has 4 nitrogen and oxygen atoms in total. The Balaban J connectivity index is 2.30. The topological polar surface area (TPSA) is 66.8 Å². The van der Waals surface area contributed by atoms with Gasteiger partial charge in [-0.15, -0.1) is 0 Å². The quantitative estimate of drug-likeness (QED) is 0.864. The van der Waals surface area contributed by atoms with Gasteiger partial charge in [-0.05, 0) is 6.07 Å². The molecular weight excluding hydrogens is 244 g/mol. The van der Waals surface area contributed by atoms with Crippen molar-refractivity contribution in [1.82, 2.24) is 0 Å². The normalized spacial score (nSPS) is 11.8. The Morgan fingerprint density at radius 2 is 1.68 bits per heavy atom. The van der Waals surface area contributed by atoms with E-state index in [1.54, 1.807) is 48.5 Å². The van der Waals surface area contributed by atoms with Gasteiger partial charge in [0.15, 0.2) is 0 Å². The van der Waals surface area contributed by atoms with E-state index in [0.717, 1.165) is 0 Å². The molecule has 0 aliphatic heterocycles. The van der Waals surface area contributed by atoms with Gasteiger partial charge in [0.25, 0.3) is 0 Å². The molecule has 0 bridgehead atoms. The lowest BCUT2D eigenvalue weighted by Crippen LogP contribution is -2.18. The summed E-state index contributed by atoms with van der Waals surface area (Å²) in [6.07, 6.45) is -1.09. The van der Waals surface area contributed by atoms with Crippen molar-refractivity contribution in [3.63, 3.8) is 0 Å². The van der Waals surface area contributed by atoms with Gasteiger partial charge < -0.3 is 14.9 Å².